The number of carbonyl (C=O) groups excluding carboxylic acids is 1. The molecule has 0 radical (unpaired) electrons. The number of ether oxygens (including phenoxy) is 6. The third kappa shape index (κ3) is 10.1. The number of nitrogens with one attached hydrogen (secondary N) is 1. The average molecular weight is 917 g/mol. The summed E-state index contributed by atoms with van der Waals surface area (Å²) in [6.07, 6.45) is -1.55. The molecule has 16 heteroatoms. The van der Waals surface area contributed by atoms with Crippen molar-refractivity contribution in [1.29, 1.82) is 5.26 Å². The molecule has 2 aliphatic heterocycles. The maximum absolute atomic E-state index is 13.8. The Labute approximate surface area is 385 Å². The van der Waals surface area contributed by atoms with Crippen LogP contribution in [0.3, 0.4) is 0 Å². The Morgan fingerprint density at radius 2 is 1.48 bits per heavy atom. The summed E-state index contributed by atoms with van der Waals surface area (Å²) < 4.78 is 54.2. The summed E-state index contributed by atoms with van der Waals surface area (Å²) in [4.78, 5) is 41.8. The van der Waals surface area contributed by atoms with Gasteiger partial charge in [-0.05, 0) is 80.8 Å². The Hall–Kier alpha value is -6.13. The van der Waals surface area contributed by atoms with E-state index in [9.17, 15) is 19.6 Å². The molecule has 1 aromatic heterocycles. The molecule has 0 amide bonds. The average Bonchev–Trinajstić information content (AvgIpc) is 3.82. The van der Waals surface area contributed by atoms with E-state index < -0.39 is 55.4 Å². The Balaban J connectivity index is 1.31. The molecule has 15 nitrogen and oxygen atoms in total. The molecule has 2 fully saturated rings. The van der Waals surface area contributed by atoms with Crippen LogP contribution in [0.4, 0.5) is 0 Å². The first kappa shape index (κ1) is 47.8. The predicted octanol–water partition coefficient (Wildman–Crippen LogP) is 7.10. The molecule has 3 heterocycles. The van der Waals surface area contributed by atoms with E-state index in [1.54, 1.807) is 44.6 Å². The maximum atomic E-state index is 13.8. The van der Waals surface area contributed by atoms with E-state index in [1.165, 1.54) is 10.8 Å². The van der Waals surface area contributed by atoms with Crippen molar-refractivity contribution in [1.82, 2.24) is 14.2 Å². The number of rotatable bonds is 19. The lowest BCUT2D eigenvalue weighted by Crippen LogP contribution is -2.49. The number of aromatic nitrogens is 2. The number of fused-ring (bicyclic) bond motifs is 2. The third-order valence-electron chi connectivity index (χ3n) is 11.3. The van der Waals surface area contributed by atoms with Gasteiger partial charge in [0.1, 0.15) is 40.5 Å². The monoisotopic (exact) mass is 916 g/mol. The second-order valence-corrected chi connectivity index (χ2v) is 17.6. The van der Waals surface area contributed by atoms with Crippen molar-refractivity contribution in [3.05, 3.63) is 164 Å². The topological polar surface area (TPSA) is 173 Å². The highest BCUT2D eigenvalue weighted by molar-refractivity contribution is 7.44. The van der Waals surface area contributed by atoms with Gasteiger partial charge in [0.05, 0.1) is 52.1 Å². The van der Waals surface area contributed by atoms with Crippen LogP contribution < -0.4 is 20.7 Å². The van der Waals surface area contributed by atoms with Gasteiger partial charge in [-0.15, -0.1) is 0 Å². The fourth-order valence-corrected chi connectivity index (χ4v) is 10.0. The molecule has 66 heavy (non-hydrogen) atoms. The third-order valence-corrected chi connectivity index (χ3v) is 13.4. The van der Waals surface area contributed by atoms with Gasteiger partial charge in [-0.3, -0.25) is 14.3 Å². The van der Waals surface area contributed by atoms with E-state index in [1.807, 2.05) is 107 Å². The van der Waals surface area contributed by atoms with Crippen molar-refractivity contribution in [3.8, 4) is 29.4 Å². The lowest BCUT2D eigenvalue weighted by Gasteiger charge is -2.41. The first-order valence-corrected chi connectivity index (χ1v) is 22.7. The second-order valence-electron chi connectivity index (χ2n) is 16.2. The number of hydrogen-bond donors (Lipinski definition) is 1. The van der Waals surface area contributed by atoms with Crippen LogP contribution in [-0.2, 0) is 33.6 Å². The Bertz CT molecular complexity index is 2590. The van der Waals surface area contributed by atoms with Crippen LogP contribution in [0.2, 0.25) is 0 Å². The zero-order valence-corrected chi connectivity index (χ0v) is 38.6. The summed E-state index contributed by atoms with van der Waals surface area (Å²) in [5, 5.41) is 9.47. The fraction of sp³-hybridized carbons (Fsp3) is 0.360. The van der Waals surface area contributed by atoms with Gasteiger partial charge in [0, 0.05) is 18.3 Å². The fourth-order valence-electron chi connectivity index (χ4n) is 8.23. The number of aromatic amines is 1. The summed E-state index contributed by atoms with van der Waals surface area (Å²) in [5.74, 6) is 6.19. The molecule has 5 atom stereocenters. The quantitative estimate of drug-likeness (QED) is 0.0293. The van der Waals surface area contributed by atoms with Crippen molar-refractivity contribution < 1.29 is 42.3 Å². The Kier molecular flexibility index (Phi) is 15.5. The second kappa shape index (κ2) is 21.5. The van der Waals surface area contributed by atoms with Crippen LogP contribution in [0.15, 0.2) is 125 Å². The number of hydrogen-bond acceptors (Lipinski definition) is 13. The van der Waals surface area contributed by atoms with Crippen LogP contribution in [-0.4, -0.2) is 90.7 Å². The minimum absolute atomic E-state index is 0.00278. The molecule has 5 aromatic rings. The molecule has 0 spiro atoms. The Morgan fingerprint density at radius 3 is 2.06 bits per heavy atom. The Morgan fingerprint density at radius 1 is 0.894 bits per heavy atom. The summed E-state index contributed by atoms with van der Waals surface area (Å²) >= 11 is 0. The van der Waals surface area contributed by atoms with Crippen molar-refractivity contribution in [2.75, 3.05) is 40.6 Å². The van der Waals surface area contributed by atoms with Gasteiger partial charge in [-0.2, -0.15) is 5.26 Å². The van der Waals surface area contributed by atoms with E-state index in [2.05, 4.69) is 27.6 Å². The highest BCUT2D eigenvalue weighted by Crippen LogP contribution is 2.56. The van der Waals surface area contributed by atoms with Crippen molar-refractivity contribution in [2.24, 2.45) is 0 Å². The maximum Gasteiger partial charge on any atom is 0.339 e. The van der Waals surface area contributed by atoms with Crippen molar-refractivity contribution >= 4 is 14.5 Å². The number of methoxy groups -OCH3 is 2. The molecule has 2 bridgehead atoms. The lowest BCUT2D eigenvalue weighted by atomic mass is 9.79. The number of benzene rings is 4. The van der Waals surface area contributed by atoms with E-state index >= 15 is 0 Å². The normalized spacial score (nSPS) is 19.3. The SMILES string of the molecule is COc1ccc(C(OC[C@@]23CO[C@@H]([C@H](n4cc(C#CCOC(=O)c5ccccc5)c(=O)[nH]c4=O)O2)[C@@H]3OP(OCCC#N)N(C(C)C)C(C)C)(c2ccccc2)c2ccc(OC)cc2)cc1. The van der Waals surface area contributed by atoms with Crippen LogP contribution >= 0.6 is 8.53 Å². The van der Waals surface area contributed by atoms with Gasteiger partial charge >= 0.3 is 11.7 Å². The van der Waals surface area contributed by atoms with Crippen LogP contribution in [0, 0.1) is 23.2 Å². The van der Waals surface area contributed by atoms with Gasteiger partial charge in [-0.1, -0.05) is 84.6 Å². The first-order chi connectivity index (χ1) is 31.9. The van der Waals surface area contributed by atoms with E-state index in [4.69, 9.17) is 37.5 Å². The van der Waals surface area contributed by atoms with Crippen molar-refractivity contribution in [2.45, 2.75) is 75.8 Å². The molecule has 2 saturated heterocycles. The minimum Gasteiger partial charge on any atom is -0.497 e. The van der Waals surface area contributed by atoms with Gasteiger partial charge < -0.3 is 37.5 Å². The van der Waals surface area contributed by atoms with Crippen LogP contribution in [0.25, 0.3) is 0 Å². The molecule has 4 aromatic carbocycles. The summed E-state index contributed by atoms with van der Waals surface area (Å²) in [6, 6.07) is 35.6. The molecule has 1 unspecified atom stereocenters. The zero-order chi connectivity index (χ0) is 46.8. The highest BCUT2D eigenvalue weighted by atomic mass is 31.2. The number of carbonyl (C=O) groups is 1. The summed E-state index contributed by atoms with van der Waals surface area (Å²) in [6.45, 7) is 7.80. The van der Waals surface area contributed by atoms with Gasteiger partial charge in [0.25, 0.3) is 14.1 Å². The molecular weight excluding hydrogens is 864 g/mol. The molecule has 344 valence electrons. The summed E-state index contributed by atoms with van der Waals surface area (Å²) in [5.41, 5.74) is -1.52. The minimum atomic E-state index is -1.86. The number of nitrogens with zero attached hydrogens (tertiary/aromatic N) is 3. The van der Waals surface area contributed by atoms with Crippen LogP contribution in [0.1, 0.15) is 73.0 Å². The summed E-state index contributed by atoms with van der Waals surface area (Å²) in [7, 11) is 1.35. The molecule has 2 aliphatic rings. The molecular formula is C50H53N4O11P. The lowest BCUT2D eigenvalue weighted by molar-refractivity contribution is -0.203. The van der Waals surface area contributed by atoms with E-state index in [-0.39, 0.29) is 50.5 Å². The van der Waals surface area contributed by atoms with Crippen molar-refractivity contribution in [3.63, 3.8) is 0 Å². The number of H-pyrrole nitrogens is 1. The predicted molar refractivity (Wildman–Crippen MR) is 246 cm³/mol. The highest BCUT2D eigenvalue weighted by Gasteiger charge is 2.65. The number of nitriles is 1. The van der Waals surface area contributed by atoms with Gasteiger partial charge in [0.15, 0.2) is 12.8 Å². The number of esters is 1. The molecule has 1 N–H and O–H groups in total. The molecule has 0 saturated carbocycles. The standard InChI is InChI=1S/C50H53N4O11P/c1-34(2)54(35(3)4)66(63-30-14-28-51)65-44-43-46(53-31-37(45(55)52-48(53)57)17-13-29-60-47(56)36-15-9-7-10-16-36)64-49(44,32-61-43)33-62-50(38-18-11-8-12-19-38,39-20-24-41(58-5)25-21-39)40-22-26-42(59-6)27-23-40/h7-12,15-16,18-27,31,34-35,43-44,46H,14,29-30,32-33H2,1-6H3,(H,52,55,57)/t43-,44+,46-,49-,66?/m1/s1. The van der Waals surface area contributed by atoms with Gasteiger partial charge in [0.2, 0.25) is 0 Å². The smallest absolute Gasteiger partial charge is 0.339 e. The van der Waals surface area contributed by atoms with E-state index in [0.29, 0.717) is 17.1 Å². The van der Waals surface area contributed by atoms with Gasteiger partial charge in [-0.25, -0.2) is 14.3 Å². The van der Waals surface area contributed by atoms with E-state index in [0.717, 1.165) is 16.7 Å². The first-order valence-electron chi connectivity index (χ1n) is 21.5. The van der Waals surface area contributed by atoms with Crippen LogP contribution in [0.5, 0.6) is 11.5 Å². The largest absolute Gasteiger partial charge is 0.497 e. The molecule has 7 rings (SSSR count). The molecule has 0 aliphatic carbocycles. The zero-order valence-electron chi connectivity index (χ0n) is 37.7.